The van der Waals surface area contributed by atoms with Gasteiger partial charge in [0, 0.05) is 6.04 Å². The molecule has 21 heavy (non-hydrogen) atoms. The predicted molar refractivity (Wildman–Crippen MR) is 72.1 cm³/mol. The van der Waals surface area contributed by atoms with Crippen LogP contribution < -0.4 is 0 Å². The van der Waals surface area contributed by atoms with Crippen molar-refractivity contribution >= 4 is 23.5 Å². The average molecular weight is 318 g/mol. The van der Waals surface area contributed by atoms with Crippen LogP contribution in [0.4, 0.5) is 8.78 Å². The zero-order chi connectivity index (χ0) is 15.6. The van der Waals surface area contributed by atoms with Gasteiger partial charge in [-0.3, -0.25) is 9.59 Å². The quantitative estimate of drug-likeness (QED) is 0.620. The number of carbonyl (C=O) groups excluding carboxylic acids is 2. The molecule has 0 aromatic heterocycles. The van der Waals surface area contributed by atoms with E-state index >= 15 is 0 Å². The van der Waals surface area contributed by atoms with E-state index in [1.54, 1.807) is 6.92 Å². The SMILES string of the molecule is CCOC(=O)CN(C(=O)c1cc(F)c(Cl)cc1F)C1CC1. The number of nitrogens with zero attached hydrogens (tertiary/aromatic N) is 1. The second-order valence-corrected chi connectivity index (χ2v) is 5.12. The van der Waals surface area contributed by atoms with Gasteiger partial charge in [-0.25, -0.2) is 8.78 Å². The lowest BCUT2D eigenvalue weighted by atomic mass is 10.1. The molecule has 0 radical (unpaired) electrons. The number of esters is 1. The molecule has 2 rings (SSSR count). The normalized spacial score (nSPS) is 13.9. The Hall–Kier alpha value is -1.69. The summed E-state index contributed by atoms with van der Waals surface area (Å²) < 4.78 is 32.0. The Morgan fingerprint density at radius 1 is 1.33 bits per heavy atom. The van der Waals surface area contributed by atoms with Crippen LogP contribution in [0.15, 0.2) is 12.1 Å². The summed E-state index contributed by atoms with van der Waals surface area (Å²) in [5.41, 5.74) is -0.437. The number of hydrogen-bond acceptors (Lipinski definition) is 3. The average Bonchev–Trinajstić information content (AvgIpc) is 3.24. The third-order valence-electron chi connectivity index (χ3n) is 3.09. The van der Waals surface area contributed by atoms with Crippen molar-refractivity contribution in [1.82, 2.24) is 4.90 Å². The maximum atomic E-state index is 13.8. The molecule has 0 heterocycles. The maximum absolute atomic E-state index is 13.8. The molecule has 0 spiro atoms. The van der Waals surface area contributed by atoms with Crippen LogP contribution in [-0.4, -0.2) is 36.0 Å². The molecule has 0 N–H and O–H groups in total. The highest BCUT2D eigenvalue weighted by Gasteiger charge is 2.35. The predicted octanol–water partition coefficient (Wildman–Crippen LogP) is 2.79. The summed E-state index contributed by atoms with van der Waals surface area (Å²) in [6.45, 7) is 1.56. The van der Waals surface area contributed by atoms with E-state index in [0.29, 0.717) is 0 Å². The van der Waals surface area contributed by atoms with E-state index < -0.39 is 34.1 Å². The van der Waals surface area contributed by atoms with E-state index in [2.05, 4.69) is 0 Å². The van der Waals surface area contributed by atoms with Gasteiger partial charge in [0.2, 0.25) is 0 Å². The van der Waals surface area contributed by atoms with Crippen molar-refractivity contribution in [3.05, 3.63) is 34.4 Å². The number of hydrogen-bond donors (Lipinski definition) is 0. The molecule has 1 aromatic rings. The van der Waals surface area contributed by atoms with Crippen LogP contribution >= 0.6 is 11.6 Å². The second kappa shape index (κ2) is 6.39. The number of halogens is 3. The molecule has 0 bridgehead atoms. The van der Waals surface area contributed by atoms with Crippen LogP contribution in [-0.2, 0) is 9.53 Å². The first-order valence-electron chi connectivity index (χ1n) is 6.55. The minimum Gasteiger partial charge on any atom is -0.465 e. The summed E-state index contributed by atoms with van der Waals surface area (Å²) >= 11 is 5.46. The van der Waals surface area contributed by atoms with Crippen LogP contribution in [0.5, 0.6) is 0 Å². The highest BCUT2D eigenvalue weighted by molar-refractivity contribution is 6.30. The molecular formula is C14H14ClF2NO3. The third kappa shape index (κ3) is 3.69. The summed E-state index contributed by atoms with van der Waals surface area (Å²) in [5.74, 6) is -3.11. The van der Waals surface area contributed by atoms with E-state index in [1.807, 2.05) is 0 Å². The Morgan fingerprint density at radius 3 is 2.57 bits per heavy atom. The highest BCUT2D eigenvalue weighted by atomic mass is 35.5. The summed E-state index contributed by atoms with van der Waals surface area (Å²) in [7, 11) is 0. The fourth-order valence-corrected chi connectivity index (χ4v) is 2.09. The summed E-state index contributed by atoms with van der Waals surface area (Å²) in [6.07, 6.45) is 1.45. The van der Waals surface area contributed by atoms with Gasteiger partial charge < -0.3 is 9.64 Å². The molecule has 1 aliphatic rings. The van der Waals surface area contributed by atoms with E-state index in [4.69, 9.17) is 16.3 Å². The minimum atomic E-state index is -0.916. The van der Waals surface area contributed by atoms with E-state index in [0.717, 1.165) is 25.0 Å². The smallest absolute Gasteiger partial charge is 0.325 e. The molecule has 0 aliphatic heterocycles. The number of benzene rings is 1. The molecule has 7 heteroatoms. The third-order valence-corrected chi connectivity index (χ3v) is 3.38. The Bertz CT molecular complexity index is 576. The molecule has 114 valence electrons. The topological polar surface area (TPSA) is 46.6 Å². The number of carbonyl (C=O) groups is 2. The van der Waals surface area contributed by atoms with Gasteiger partial charge in [-0.2, -0.15) is 0 Å². The van der Waals surface area contributed by atoms with Gasteiger partial charge in [0.25, 0.3) is 5.91 Å². The lowest BCUT2D eigenvalue weighted by Crippen LogP contribution is -2.38. The summed E-state index contributed by atoms with van der Waals surface area (Å²) in [4.78, 5) is 25.1. The van der Waals surface area contributed by atoms with Gasteiger partial charge in [-0.1, -0.05) is 11.6 Å². The fraction of sp³-hybridized carbons (Fsp3) is 0.429. The molecule has 1 saturated carbocycles. The van der Waals surface area contributed by atoms with Crippen molar-refractivity contribution < 1.29 is 23.1 Å². The first-order valence-corrected chi connectivity index (χ1v) is 6.93. The second-order valence-electron chi connectivity index (χ2n) is 4.72. The Labute approximate surface area is 125 Å². The van der Waals surface area contributed by atoms with Crippen molar-refractivity contribution in [3.63, 3.8) is 0 Å². The Balaban J connectivity index is 2.22. The molecule has 4 nitrogen and oxygen atoms in total. The monoisotopic (exact) mass is 317 g/mol. The minimum absolute atomic E-state index is 0.139. The van der Waals surface area contributed by atoms with Crippen molar-refractivity contribution in [2.24, 2.45) is 0 Å². The van der Waals surface area contributed by atoms with E-state index in [9.17, 15) is 18.4 Å². The van der Waals surface area contributed by atoms with Crippen molar-refractivity contribution in [1.29, 1.82) is 0 Å². The van der Waals surface area contributed by atoms with Crippen LogP contribution in [0, 0.1) is 11.6 Å². The van der Waals surface area contributed by atoms with Gasteiger partial charge in [0.1, 0.15) is 18.2 Å². The molecule has 0 saturated heterocycles. The Morgan fingerprint density at radius 2 is 2.00 bits per heavy atom. The van der Waals surface area contributed by atoms with Gasteiger partial charge >= 0.3 is 5.97 Å². The summed E-state index contributed by atoms with van der Waals surface area (Å²) in [6, 6.07) is 1.36. The largest absolute Gasteiger partial charge is 0.465 e. The first kappa shape index (κ1) is 15.7. The van der Waals surface area contributed by atoms with Gasteiger partial charge in [-0.05, 0) is 31.9 Å². The highest BCUT2D eigenvalue weighted by Crippen LogP contribution is 2.29. The fourth-order valence-electron chi connectivity index (χ4n) is 1.94. The number of amides is 1. The number of rotatable bonds is 5. The van der Waals surface area contributed by atoms with E-state index in [1.165, 1.54) is 4.90 Å². The standard InChI is InChI=1S/C14H14ClF2NO3/c1-2-21-13(19)7-18(8-3-4-8)14(20)9-5-12(17)10(15)6-11(9)16/h5-6,8H,2-4,7H2,1H3. The lowest BCUT2D eigenvalue weighted by molar-refractivity contribution is -0.144. The first-order chi connectivity index (χ1) is 9.93. The lowest BCUT2D eigenvalue weighted by Gasteiger charge is -2.21. The van der Waals surface area contributed by atoms with Gasteiger partial charge in [-0.15, -0.1) is 0 Å². The summed E-state index contributed by atoms with van der Waals surface area (Å²) in [5, 5.41) is -0.396. The molecule has 1 aliphatic carbocycles. The van der Waals surface area contributed by atoms with Crippen LogP contribution in [0.1, 0.15) is 30.1 Å². The van der Waals surface area contributed by atoms with Crippen LogP contribution in [0.3, 0.4) is 0 Å². The molecule has 1 fully saturated rings. The zero-order valence-electron chi connectivity index (χ0n) is 11.4. The van der Waals surface area contributed by atoms with Crippen molar-refractivity contribution in [3.8, 4) is 0 Å². The van der Waals surface area contributed by atoms with Gasteiger partial charge in [0.05, 0.1) is 17.2 Å². The van der Waals surface area contributed by atoms with Gasteiger partial charge in [0.15, 0.2) is 0 Å². The molecule has 0 atom stereocenters. The van der Waals surface area contributed by atoms with Crippen molar-refractivity contribution in [2.75, 3.05) is 13.2 Å². The maximum Gasteiger partial charge on any atom is 0.325 e. The zero-order valence-corrected chi connectivity index (χ0v) is 12.1. The van der Waals surface area contributed by atoms with Crippen LogP contribution in [0.2, 0.25) is 5.02 Å². The molecule has 1 amide bonds. The molecule has 0 unspecified atom stereocenters. The number of ether oxygens (including phenoxy) is 1. The van der Waals surface area contributed by atoms with Crippen LogP contribution in [0.25, 0.3) is 0 Å². The van der Waals surface area contributed by atoms with Crippen molar-refractivity contribution in [2.45, 2.75) is 25.8 Å². The molecule has 1 aromatic carbocycles. The van der Waals surface area contributed by atoms with E-state index in [-0.39, 0.29) is 19.2 Å². The Kier molecular flexibility index (Phi) is 4.77. The molecular weight excluding hydrogens is 304 g/mol.